The van der Waals surface area contributed by atoms with E-state index in [0.717, 1.165) is 77.8 Å². The van der Waals surface area contributed by atoms with E-state index in [2.05, 4.69) is 49.7 Å². The summed E-state index contributed by atoms with van der Waals surface area (Å²) in [4.78, 5) is 15.6. The van der Waals surface area contributed by atoms with Crippen LogP contribution in [0.5, 0.6) is 0 Å². The van der Waals surface area contributed by atoms with Crippen LogP contribution in [0.15, 0.2) is 76.8 Å². The first-order chi connectivity index (χ1) is 17.2. The Labute approximate surface area is 208 Å². The van der Waals surface area contributed by atoms with Gasteiger partial charge in [0, 0.05) is 40.9 Å². The van der Waals surface area contributed by atoms with Crippen LogP contribution in [0.1, 0.15) is 35.2 Å². The molecule has 0 bridgehead atoms. The molecule has 0 atom stereocenters. The maximum Gasteiger partial charge on any atom is 0.143 e. The highest BCUT2D eigenvalue weighted by atomic mass is 32.1. The van der Waals surface area contributed by atoms with Crippen LogP contribution in [0.2, 0.25) is 0 Å². The zero-order valence-corrected chi connectivity index (χ0v) is 20.5. The molecule has 35 heavy (non-hydrogen) atoms. The summed E-state index contributed by atoms with van der Waals surface area (Å²) in [5.74, 6) is 2.24. The molecule has 0 saturated carbocycles. The number of imidazole rings is 1. The average molecular weight is 482 g/mol. The number of hydrogen-bond acceptors (Lipinski definition) is 6. The summed E-state index contributed by atoms with van der Waals surface area (Å²) in [5, 5.41) is 7.70. The number of piperidine rings is 1. The monoisotopic (exact) mass is 481 g/mol. The number of H-pyrrole nitrogens is 1. The van der Waals surface area contributed by atoms with E-state index in [-0.39, 0.29) is 0 Å². The number of thiazole rings is 1. The van der Waals surface area contributed by atoms with Gasteiger partial charge in [-0.15, -0.1) is 11.3 Å². The SMILES string of the molecule is Cc1onc(-c2ccccc2)c1-c1csc(C2CCN(Cc3cnc(-c4ccccc4)[nH]3)CC2)n1. The van der Waals surface area contributed by atoms with Gasteiger partial charge < -0.3 is 9.51 Å². The van der Waals surface area contributed by atoms with E-state index in [0.29, 0.717) is 5.92 Å². The molecule has 1 N–H and O–H groups in total. The molecule has 0 radical (unpaired) electrons. The van der Waals surface area contributed by atoms with Gasteiger partial charge in [0.2, 0.25) is 0 Å². The smallest absolute Gasteiger partial charge is 0.143 e. The van der Waals surface area contributed by atoms with Crippen molar-refractivity contribution in [1.29, 1.82) is 0 Å². The summed E-state index contributed by atoms with van der Waals surface area (Å²) in [6, 6.07) is 20.5. The van der Waals surface area contributed by atoms with Gasteiger partial charge in [-0.3, -0.25) is 4.90 Å². The number of aromatic nitrogens is 4. The van der Waals surface area contributed by atoms with Crippen molar-refractivity contribution in [2.45, 2.75) is 32.2 Å². The second-order valence-electron chi connectivity index (χ2n) is 9.07. The second-order valence-corrected chi connectivity index (χ2v) is 9.96. The minimum absolute atomic E-state index is 0.493. The third kappa shape index (κ3) is 4.57. The third-order valence-corrected chi connectivity index (χ3v) is 7.70. The zero-order valence-electron chi connectivity index (χ0n) is 19.6. The molecule has 4 heterocycles. The predicted octanol–water partition coefficient (Wildman–Crippen LogP) is 6.54. The first-order valence-corrected chi connectivity index (χ1v) is 12.9. The lowest BCUT2D eigenvalue weighted by Crippen LogP contribution is -2.32. The molecule has 0 unspecified atom stereocenters. The number of aromatic amines is 1. The van der Waals surface area contributed by atoms with Crippen molar-refractivity contribution in [3.63, 3.8) is 0 Å². The molecule has 0 aliphatic carbocycles. The van der Waals surface area contributed by atoms with E-state index in [1.165, 1.54) is 5.01 Å². The standard InChI is InChI=1S/C28H27N5OS/c1-19-25(26(32-34-19)20-8-4-2-5-9-20)24-18-35-28(31-24)22-12-14-33(15-13-22)17-23-16-29-27(30-23)21-10-6-3-7-11-21/h2-11,16,18,22H,12-15,17H2,1H3,(H,29,30). The van der Waals surface area contributed by atoms with Crippen molar-refractivity contribution >= 4 is 11.3 Å². The topological polar surface area (TPSA) is 70.8 Å². The molecule has 6 nitrogen and oxygen atoms in total. The van der Waals surface area contributed by atoms with E-state index < -0.39 is 0 Å². The summed E-state index contributed by atoms with van der Waals surface area (Å²) in [6.45, 7) is 4.97. The lowest BCUT2D eigenvalue weighted by molar-refractivity contribution is 0.202. The Morgan fingerprint density at radius 3 is 2.46 bits per heavy atom. The van der Waals surface area contributed by atoms with Crippen molar-refractivity contribution in [3.05, 3.63) is 88.7 Å². The fourth-order valence-corrected chi connectivity index (χ4v) is 5.80. The molecule has 1 aliphatic heterocycles. The lowest BCUT2D eigenvalue weighted by Gasteiger charge is -2.30. The van der Waals surface area contributed by atoms with Gasteiger partial charge in [0.05, 0.1) is 16.3 Å². The lowest BCUT2D eigenvalue weighted by atomic mass is 9.97. The fourth-order valence-electron chi connectivity index (χ4n) is 4.82. The number of benzene rings is 2. The molecular formula is C28H27N5OS. The first kappa shape index (κ1) is 21.9. The Bertz CT molecular complexity index is 1400. The Morgan fingerprint density at radius 1 is 1.00 bits per heavy atom. The highest BCUT2D eigenvalue weighted by Crippen LogP contribution is 2.38. The minimum atomic E-state index is 0.493. The predicted molar refractivity (Wildman–Crippen MR) is 139 cm³/mol. The van der Waals surface area contributed by atoms with Crippen LogP contribution in [-0.2, 0) is 6.54 Å². The molecule has 6 rings (SSSR count). The van der Waals surface area contributed by atoms with E-state index >= 15 is 0 Å². The second kappa shape index (κ2) is 9.60. The number of hydrogen-bond donors (Lipinski definition) is 1. The van der Waals surface area contributed by atoms with Gasteiger partial charge >= 0.3 is 0 Å². The van der Waals surface area contributed by atoms with Gasteiger partial charge in [0.15, 0.2) is 0 Å². The molecule has 1 aliphatic rings. The number of likely N-dealkylation sites (tertiary alicyclic amines) is 1. The Hall–Kier alpha value is -3.55. The number of aryl methyl sites for hydroxylation is 1. The Balaban J connectivity index is 1.11. The summed E-state index contributed by atoms with van der Waals surface area (Å²) < 4.78 is 5.56. The Morgan fingerprint density at radius 2 is 1.71 bits per heavy atom. The van der Waals surface area contributed by atoms with Crippen molar-refractivity contribution in [2.75, 3.05) is 13.1 Å². The van der Waals surface area contributed by atoms with Crippen molar-refractivity contribution < 1.29 is 4.52 Å². The average Bonchev–Trinajstić information content (AvgIpc) is 3.66. The maximum absolute atomic E-state index is 5.56. The quantitative estimate of drug-likeness (QED) is 0.298. The first-order valence-electron chi connectivity index (χ1n) is 12.0. The van der Waals surface area contributed by atoms with Crippen LogP contribution in [0, 0.1) is 6.92 Å². The molecule has 1 saturated heterocycles. The number of nitrogens with one attached hydrogen (secondary N) is 1. The molecule has 1 fully saturated rings. The van der Waals surface area contributed by atoms with Crippen LogP contribution in [0.4, 0.5) is 0 Å². The number of rotatable bonds is 6. The maximum atomic E-state index is 5.56. The van der Waals surface area contributed by atoms with Crippen LogP contribution < -0.4 is 0 Å². The summed E-state index contributed by atoms with van der Waals surface area (Å²) in [7, 11) is 0. The van der Waals surface area contributed by atoms with Gasteiger partial charge in [0.25, 0.3) is 0 Å². The minimum Gasteiger partial charge on any atom is -0.360 e. The van der Waals surface area contributed by atoms with E-state index in [1.54, 1.807) is 11.3 Å². The molecule has 176 valence electrons. The Kier molecular flexibility index (Phi) is 6.02. The van der Waals surface area contributed by atoms with Crippen molar-refractivity contribution in [1.82, 2.24) is 25.0 Å². The van der Waals surface area contributed by atoms with E-state index in [4.69, 9.17) is 9.51 Å². The van der Waals surface area contributed by atoms with Gasteiger partial charge in [-0.2, -0.15) is 0 Å². The molecular weight excluding hydrogens is 454 g/mol. The van der Waals surface area contributed by atoms with Crippen LogP contribution in [0.25, 0.3) is 33.9 Å². The van der Waals surface area contributed by atoms with Crippen LogP contribution in [0.3, 0.4) is 0 Å². The summed E-state index contributed by atoms with van der Waals surface area (Å²) in [5.41, 5.74) is 6.17. The third-order valence-electron chi connectivity index (χ3n) is 6.69. The highest BCUT2D eigenvalue weighted by molar-refractivity contribution is 7.10. The van der Waals surface area contributed by atoms with Gasteiger partial charge in [-0.1, -0.05) is 65.8 Å². The van der Waals surface area contributed by atoms with E-state index in [1.807, 2.05) is 49.5 Å². The van der Waals surface area contributed by atoms with Gasteiger partial charge in [-0.25, -0.2) is 9.97 Å². The fraction of sp³-hybridized carbons (Fsp3) is 0.250. The molecule has 7 heteroatoms. The van der Waals surface area contributed by atoms with Gasteiger partial charge in [-0.05, 0) is 32.9 Å². The van der Waals surface area contributed by atoms with Gasteiger partial charge in [0.1, 0.15) is 17.3 Å². The van der Waals surface area contributed by atoms with Crippen molar-refractivity contribution in [2.24, 2.45) is 0 Å². The summed E-state index contributed by atoms with van der Waals surface area (Å²) in [6.07, 6.45) is 4.19. The van der Waals surface area contributed by atoms with Crippen molar-refractivity contribution in [3.8, 4) is 33.9 Å². The van der Waals surface area contributed by atoms with Crippen LogP contribution >= 0.6 is 11.3 Å². The zero-order chi connectivity index (χ0) is 23.6. The molecule has 0 amide bonds. The highest BCUT2D eigenvalue weighted by Gasteiger charge is 2.25. The number of nitrogens with zero attached hydrogens (tertiary/aromatic N) is 4. The molecule has 2 aromatic carbocycles. The molecule has 3 aromatic heterocycles. The molecule has 5 aromatic rings. The molecule has 0 spiro atoms. The largest absolute Gasteiger partial charge is 0.360 e. The van der Waals surface area contributed by atoms with E-state index in [9.17, 15) is 0 Å². The van der Waals surface area contributed by atoms with Crippen LogP contribution in [-0.4, -0.2) is 38.1 Å². The normalized spacial score (nSPS) is 15.0. The summed E-state index contributed by atoms with van der Waals surface area (Å²) >= 11 is 1.76.